The van der Waals surface area contributed by atoms with Gasteiger partial charge in [0, 0.05) is 51.3 Å². The molecule has 1 saturated heterocycles. The molecule has 3 heterocycles. The van der Waals surface area contributed by atoms with Gasteiger partial charge in [0.15, 0.2) is 5.52 Å². The molecule has 2 aliphatic rings. The van der Waals surface area contributed by atoms with Crippen molar-refractivity contribution < 1.29 is 4.79 Å². The lowest BCUT2D eigenvalue weighted by Crippen LogP contribution is -2.52. The zero-order chi connectivity index (χ0) is 22.2. The molecular weight excluding hydrogens is 402 g/mol. The molecule has 2 aromatic rings. The van der Waals surface area contributed by atoms with Crippen LogP contribution in [0.4, 0.5) is 0 Å². The highest BCUT2D eigenvalue weighted by Crippen LogP contribution is 2.22. The van der Waals surface area contributed by atoms with Gasteiger partial charge in [-0.15, -0.1) is 0 Å². The molecule has 1 aliphatic carbocycles. The molecule has 7 nitrogen and oxygen atoms in total. The predicted molar refractivity (Wildman–Crippen MR) is 127 cm³/mol. The van der Waals surface area contributed by atoms with E-state index in [0.717, 1.165) is 26.2 Å². The number of nitrogens with one attached hydrogen (secondary N) is 1. The first-order valence-corrected chi connectivity index (χ1v) is 12.6. The first kappa shape index (κ1) is 22.9. The van der Waals surface area contributed by atoms with E-state index in [0.29, 0.717) is 35.7 Å². The second-order valence-electron chi connectivity index (χ2n) is 9.36. The van der Waals surface area contributed by atoms with E-state index in [-0.39, 0.29) is 11.5 Å². The second-order valence-corrected chi connectivity index (χ2v) is 9.36. The lowest BCUT2D eigenvalue weighted by Gasteiger charge is -2.39. The SMILES string of the molecule is O=C(CCc1nc2cccnc2c(=O)[nH]1)N1CCN(C2CCCCCCCCCC2)CC1. The summed E-state index contributed by atoms with van der Waals surface area (Å²) in [5.41, 5.74) is 0.677. The topological polar surface area (TPSA) is 82.2 Å². The van der Waals surface area contributed by atoms with Gasteiger partial charge in [-0.3, -0.25) is 14.5 Å². The maximum atomic E-state index is 12.8. The number of aromatic amines is 1. The van der Waals surface area contributed by atoms with E-state index < -0.39 is 0 Å². The number of carbonyl (C=O) groups is 1. The fourth-order valence-corrected chi connectivity index (χ4v) is 5.19. The Labute approximate surface area is 190 Å². The third kappa shape index (κ3) is 6.15. The fraction of sp³-hybridized carbons (Fsp3) is 0.680. The Bertz CT molecular complexity index is 923. The van der Waals surface area contributed by atoms with E-state index >= 15 is 0 Å². The van der Waals surface area contributed by atoms with E-state index in [4.69, 9.17) is 0 Å². The molecule has 0 unspecified atom stereocenters. The molecule has 4 rings (SSSR count). The minimum absolute atomic E-state index is 0.154. The summed E-state index contributed by atoms with van der Waals surface area (Å²) in [6.07, 6.45) is 16.1. The molecule has 1 aliphatic heterocycles. The third-order valence-corrected chi connectivity index (χ3v) is 7.10. The maximum absolute atomic E-state index is 12.8. The highest BCUT2D eigenvalue weighted by Gasteiger charge is 2.25. The highest BCUT2D eigenvalue weighted by atomic mass is 16.2. The number of aromatic nitrogens is 3. The van der Waals surface area contributed by atoms with Crippen LogP contribution in [0.5, 0.6) is 0 Å². The first-order valence-electron chi connectivity index (χ1n) is 12.6. The normalized spacial score (nSPS) is 20.2. The zero-order valence-corrected chi connectivity index (χ0v) is 19.2. The van der Waals surface area contributed by atoms with Crippen LogP contribution >= 0.6 is 0 Å². The second kappa shape index (κ2) is 11.5. The van der Waals surface area contributed by atoms with Gasteiger partial charge in [-0.2, -0.15) is 0 Å². The van der Waals surface area contributed by atoms with E-state index in [1.165, 1.54) is 64.2 Å². The summed E-state index contributed by atoms with van der Waals surface area (Å²) >= 11 is 0. The smallest absolute Gasteiger partial charge is 0.277 e. The number of pyridine rings is 1. The van der Waals surface area contributed by atoms with E-state index in [2.05, 4.69) is 19.9 Å². The Kier molecular flexibility index (Phi) is 8.26. The maximum Gasteiger partial charge on any atom is 0.277 e. The quantitative estimate of drug-likeness (QED) is 0.786. The largest absolute Gasteiger partial charge is 0.340 e. The predicted octanol–water partition coefficient (Wildman–Crippen LogP) is 3.68. The summed E-state index contributed by atoms with van der Waals surface area (Å²) in [7, 11) is 0. The Morgan fingerprint density at radius 2 is 1.62 bits per heavy atom. The van der Waals surface area contributed by atoms with Crippen molar-refractivity contribution in [1.82, 2.24) is 24.8 Å². The van der Waals surface area contributed by atoms with Crippen LogP contribution in [0, 0.1) is 0 Å². The monoisotopic (exact) mass is 439 g/mol. The molecule has 0 aromatic carbocycles. The highest BCUT2D eigenvalue weighted by molar-refractivity contribution is 5.76. The third-order valence-electron chi connectivity index (χ3n) is 7.10. The van der Waals surface area contributed by atoms with Gasteiger partial charge in [-0.1, -0.05) is 51.4 Å². The number of amides is 1. The Balaban J connectivity index is 1.26. The van der Waals surface area contributed by atoms with Crippen LogP contribution < -0.4 is 5.56 Å². The number of piperazine rings is 1. The lowest BCUT2D eigenvalue weighted by atomic mass is 10.00. The number of aryl methyl sites for hydroxylation is 1. The Morgan fingerprint density at radius 3 is 2.31 bits per heavy atom. The molecule has 2 aromatic heterocycles. The van der Waals surface area contributed by atoms with Gasteiger partial charge in [-0.05, 0) is 25.0 Å². The Morgan fingerprint density at radius 1 is 0.969 bits per heavy atom. The number of carbonyl (C=O) groups excluding carboxylic acids is 1. The molecule has 32 heavy (non-hydrogen) atoms. The molecule has 1 N–H and O–H groups in total. The summed E-state index contributed by atoms with van der Waals surface area (Å²) in [5, 5.41) is 0. The molecule has 2 fully saturated rings. The Hall–Kier alpha value is -2.28. The van der Waals surface area contributed by atoms with Crippen molar-refractivity contribution in [1.29, 1.82) is 0 Å². The standard InChI is InChI=1S/C25H37N5O2/c31-23(14-13-22-27-21-12-9-15-26-24(21)25(32)28-22)30-18-16-29(17-19-30)20-10-7-5-3-1-2-4-6-8-11-20/h9,12,15,20H,1-8,10-11,13-14,16-19H2,(H,27,28,32). The molecule has 0 radical (unpaired) electrons. The van der Waals surface area contributed by atoms with Crippen molar-refractivity contribution in [3.05, 3.63) is 34.5 Å². The van der Waals surface area contributed by atoms with Gasteiger partial charge >= 0.3 is 0 Å². The zero-order valence-electron chi connectivity index (χ0n) is 19.2. The molecule has 0 bridgehead atoms. The van der Waals surface area contributed by atoms with Gasteiger partial charge < -0.3 is 9.88 Å². The van der Waals surface area contributed by atoms with Gasteiger partial charge in [0.05, 0.1) is 5.52 Å². The molecule has 1 saturated carbocycles. The van der Waals surface area contributed by atoms with Crippen molar-refractivity contribution in [2.24, 2.45) is 0 Å². The summed E-state index contributed by atoms with van der Waals surface area (Å²) in [6.45, 7) is 3.57. The summed E-state index contributed by atoms with van der Waals surface area (Å²) < 4.78 is 0. The van der Waals surface area contributed by atoms with E-state index in [9.17, 15) is 9.59 Å². The number of hydrogen-bond donors (Lipinski definition) is 1. The molecule has 7 heteroatoms. The van der Waals surface area contributed by atoms with Crippen molar-refractivity contribution >= 4 is 16.9 Å². The minimum Gasteiger partial charge on any atom is -0.340 e. The average molecular weight is 440 g/mol. The van der Waals surface area contributed by atoms with Gasteiger partial charge in [0.25, 0.3) is 5.56 Å². The van der Waals surface area contributed by atoms with Gasteiger partial charge in [0.2, 0.25) is 5.91 Å². The molecule has 174 valence electrons. The van der Waals surface area contributed by atoms with Crippen LogP contribution in [-0.2, 0) is 11.2 Å². The van der Waals surface area contributed by atoms with Crippen LogP contribution in [0.15, 0.2) is 23.1 Å². The average Bonchev–Trinajstić information content (AvgIpc) is 2.88. The van der Waals surface area contributed by atoms with E-state index in [1.54, 1.807) is 18.3 Å². The molecule has 0 spiro atoms. The first-order chi connectivity index (χ1) is 15.7. The van der Waals surface area contributed by atoms with Crippen molar-refractivity contribution in [2.45, 2.75) is 83.1 Å². The van der Waals surface area contributed by atoms with E-state index in [1.807, 2.05) is 4.90 Å². The fourth-order valence-electron chi connectivity index (χ4n) is 5.19. The molecule has 1 amide bonds. The molecular formula is C25H37N5O2. The summed E-state index contributed by atoms with van der Waals surface area (Å²) in [4.78, 5) is 40.9. The van der Waals surface area contributed by atoms with Crippen LogP contribution in [0.2, 0.25) is 0 Å². The van der Waals surface area contributed by atoms with Crippen LogP contribution in [0.1, 0.15) is 76.5 Å². The number of nitrogens with zero attached hydrogens (tertiary/aromatic N) is 4. The van der Waals surface area contributed by atoms with Crippen LogP contribution in [-0.4, -0.2) is 62.9 Å². The minimum atomic E-state index is -0.243. The molecule has 0 atom stereocenters. The lowest BCUT2D eigenvalue weighted by molar-refractivity contribution is -0.133. The summed E-state index contributed by atoms with van der Waals surface area (Å²) in [5.74, 6) is 0.709. The van der Waals surface area contributed by atoms with Crippen molar-refractivity contribution in [3.63, 3.8) is 0 Å². The number of H-pyrrole nitrogens is 1. The van der Waals surface area contributed by atoms with Gasteiger partial charge in [0.1, 0.15) is 5.82 Å². The number of rotatable bonds is 4. The van der Waals surface area contributed by atoms with Crippen LogP contribution in [0.3, 0.4) is 0 Å². The van der Waals surface area contributed by atoms with Crippen molar-refractivity contribution in [3.8, 4) is 0 Å². The number of hydrogen-bond acceptors (Lipinski definition) is 5. The van der Waals surface area contributed by atoms with Crippen LogP contribution in [0.25, 0.3) is 11.0 Å². The van der Waals surface area contributed by atoms with Crippen molar-refractivity contribution in [2.75, 3.05) is 26.2 Å². The number of fused-ring (bicyclic) bond motifs is 1. The van der Waals surface area contributed by atoms with Gasteiger partial charge in [-0.25, -0.2) is 9.97 Å². The summed E-state index contributed by atoms with van der Waals surface area (Å²) in [6, 6.07) is 4.23.